The number of nitrogens with one attached hydrogen (secondary N) is 1. The first-order valence-electron chi connectivity index (χ1n) is 13.4. The second-order valence-electron chi connectivity index (χ2n) is 12.2. The molecule has 1 amide bonds. The molecule has 40 heavy (non-hydrogen) atoms. The Morgan fingerprint density at radius 1 is 1.23 bits per heavy atom. The van der Waals surface area contributed by atoms with E-state index in [1.165, 1.54) is 18.2 Å². The van der Waals surface area contributed by atoms with Crippen LogP contribution >= 0.6 is 0 Å². The van der Waals surface area contributed by atoms with Gasteiger partial charge in [0, 0.05) is 25.2 Å². The first kappa shape index (κ1) is 29.9. The van der Waals surface area contributed by atoms with Gasteiger partial charge in [-0.3, -0.25) is 9.69 Å². The lowest BCUT2D eigenvalue weighted by Crippen LogP contribution is -2.44. The van der Waals surface area contributed by atoms with Crippen LogP contribution in [-0.4, -0.2) is 71.5 Å². The molecule has 0 aliphatic carbocycles. The summed E-state index contributed by atoms with van der Waals surface area (Å²) in [6.45, 7) is 13.7. The number of sulfonamides is 1. The second-order valence-corrected chi connectivity index (χ2v) is 13.8. The summed E-state index contributed by atoms with van der Waals surface area (Å²) >= 11 is 0. The zero-order valence-corrected chi connectivity index (χ0v) is 24.8. The van der Waals surface area contributed by atoms with Crippen LogP contribution in [0, 0.1) is 5.92 Å². The van der Waals surface area contributed by atoms with Crippen molar-refractivity contribution in [2.24, 2.45) is 5.92 Å². The number of nitrogen functional groups attached to an aromatic ring is 1. The highest BCUT2D eigenvalue weighted by molar-refractivity contribution is 7.90. The van der Waals surface area contributed by atoms with E-state index in [0.29, 0.717) is 43.5 Å². The number of ether oxygens (including phenoxy) is 1. The third-order valence-corrected chi connectivity index (χ3v) is 8.21. The molecule has 12 heteroatoms. The van der Waals surface area contributed by atoms with Gasteiger partial charge in [-0.15, -0.1) is 0 Å². The van der Waals surface area contributed by atoms with E-state index in [-0.39, 0.29) is 21.9 Å². The molecule has 2 atom stereocenters. The van der Waals surface area contributed by atoms with E-state index in [9.17, 15) is 18.3 Å². The van der Waals surface area contributed by atoms with E-state index in [1.54, 1.807) is 12.1 Å². The number of hydrogen-bond acceptors (Lipinski definition) is 10. The number of amides is 1. The molecule has 1 fully saturated rings. The topological polar surface area (TPSA) is 151 Å². The molecule has 1 saturated heterocycles. The van der Waals surface area contributed by atoms with Crippen LogP contribution < -0.4 is 15.4 Å². The SMILES string of the molecule is C[C@@H]1CN(c2nc(C3=CCCN(C(O)OC(C)(C)C)C3)ccc2C(=O)NS(=O)(=O)c2cccc(N)n2)C(C)(C)C1. The van der Waals surface area contributed by atoms with Crippen molar-refractivity contribution in [3.05, 3.63) is 47.7 Å². The molecule has 2 aliphatic rings. The fourth-order valence-corrected chi connectivity index (χ4v) is 6.25. The molecule has 0 saturated carbocycles. The minimum atomic E-state index is -4.27. The highest BCUT2D eigenvalue weighted by Gasteiger charge is 2.39. The van der Waals surface area contributed by atoms with Crippen LogP contribution in [-0.2, 0) is 14.8 Å². The fourth-order valence-electron chi connectivity index (χ4n) is 5.31. The smallest absolute Gasteiger partial charge is 0.281 e. The Morgan fingerprint density at radius 3 is 2.58 bits per heavy atom. The lowest BCUT2D eigenvalue weighted by atomic mass is 9.97. The Kier molecular flexibility index (Phi) is 8.28. The molecule has 218 valence electrons. The van der Waals surface area contributed by atoms with Crippen LogP contribution in [0.1, 0.15) is 70.4 Å². The fraction of sp³-hybridized carbons (Fsp3) is 0.536. The van der Waals surface area contributed by atoms with E-state index < -0.39 is 27.9 Å². The number of carbonyl (C=O) groups is 1. The minimum Gasteiger partial charge on any atom is -0.384 e. The van der Waals surface area contributed by atoms with Gasteiger partial charge >= 0.3 is 0 Å². The van der Waals surface area contributed by atoms with Gasteiger partial charge in [-0.2, -0.15) is 8.42 Å². The lowest BCUT2D eigenvalue weighted by molar-refractivity contribution is -0.236. The zero-order chi connectivity index (χ0) is 29.5. The second kappa shape index (κ2) is 11.1. The summed E-state index contributed by atoms with van der Waals surface area (Å²) in [5.41, 5.74) is 6.51. The summed E-state index contributed by atoms with van der Waals surface area (Å²) in [6.07, 6.45) is 2.58. The molecule has 4 heterocycles. The van der Waals surface area contributed by atoms with Crippen LogP contribution in [0.4, 0.5) is 11.6 Å². The van der Waals surface area contributed by atoms with Crippen molar-refractivity contribution in [1.82, 2.24) is 19.6 Å². The van der Waals surface area contributed by atoms with Crippen LogP contribution in [0.3, 0.4) is 0 Å². The molecule has 0 aromatic carbocycles. The maximum Gasteiger partial charge on any atom is 0.281 e. The van der Waals surface area contributed by atoms with Gasteiger partial charge in [-0.05, 0) is 83.2 Å². The van der Waals surface area contributed by atoms with Gasteiger partial charge in [0.2, 0.25) is 6.41 Å². The summed E-state index contributed by atoms with van der Waals surface area (Å²) in [7, 11) is -4.27. The number of anilines is 2. The van der Waals surface area contributed by atoms with Crippen molar-refractivity contribution in [1.29, 1.82) is 0 Å². The predicted octanol–water partition coefficient (Wildman–Crippen LogP) is 2.98. The molecule has 0 spiro atoms. The average Bonchev–Trinajstić information content (AvgIpc) is 3.14. The number of nitrogens with zero attached hydrogens (tertiary/aromatic N) is 4. The molecule has 2 aliphatic heterocycles. The maximum absolute atomic E-state index is 13.5. The molecule has 1 unspecified atom stereocenters. The van der Waals surface area contributed by atoms with Crippen LogP contribution in [0.2, 0.25) is 0 Å². The number of pyridine rings is 2. The van der Waals surface area contributed by atoms with Crippen molar-refractivity contribution in [2.75, 3.05) is 30.3 Å². The molecule has 0 radical (unpaired) electrons. The Bertz CT molecular complexity index is 1400. The number of aliphatic hydroxyl groups is 1. The number of hydrogen-bond donors (Lipinski definition) is 3. The monoisotopic (exact) mass is 572 g/mol. The van der Waals surface area contributed by atoms with E-state index in [0.717, 1.165) is 12.0 Å². The van der Waals surface area contributed by atoms with E-state index >= 15 is 0 Å². The summed E-state index contributed by atoms with van der Waals surface area (Å²) in [5.74, 6) is -0.0141. The normalized spacial score (nSPS) is 20.7. The molecule has 2 aromatic heterocycles. The molecule has 11 nitrogen and oxygen atoms in total. The molecule has 2 aromatic rings. The predicted molar refractivity (Wildman–Crippen MR) is 154 cm³/mol. The summed E-state index contributed by atoms with van der Waals surface area (Å²) in [4.78, 5) is 26.1. The van der Waals surface area contributed by atoms with Crippen LogP contribution in [0.25, 0.3) is 5.57 Å². The van der Waals surface area contributed by atoms with Gasteiger partial charge in [0.1, 0.15) is 11.6 Å². The standard InChI is InChI=1S/C28H40N6O5S/c1-18-15-28(5,6)34(16-18)24-20(25(35)32-40(37,38)23-11-7-10-22(29)31-23)12-13-21(30-24)19-9-8-14-33(17-19)26(36)39-27(2,3)4/h7,9-13,18,26,36H,8,14-17H2,1-6H3,(H2,29,31)(H,32,35)/t18-,26?/m0/s1. The number of aromatic nitrogens is 2. The minimum absolute atomic E-state index is 0.0302. The largest absolute Gasteiger partial charge is 0.384 e. The molecule has 4 N–H and O–H groups in total. The zero-order valence-electron chi connectivity index (χ0n) is 24.0. The Balaban J connectivity index is 1.68. The van der Waals surface area contributed by atoms with Crippen molar-refractivity contribution in [2.45, 2.75) is 77.0 Å². The van der Waals surface area contributed by atoms with Crippen LogP contribution in [0.5, 0.6) is 0 Å². The van der Waals surface area contributed by atoms with E-state index in [2.05, 4.69) is 41.5 Å². The molecular formula is C28H40N6O5S. The number of carbonyl (C=O) groups excluding carboxylic acids is 1. The Hall–Kier alpha value is -3.06. The van der Waals surface area contributed by atoms with Gasteiger partial charge in [-0.25, -0.2) is 14.7 Å². The number of aliphatic hydroxyl groups excluding tert-OH is 1. The highest BCUT2D eigenvalue weighted by Crippen LogP contribution is 2.38. The Morgan fingerprint density at radius 2 is 1.95 bits per heavy atom. The number of nitrogens with two attached hydrogens (primary N) is 1. The van der Waals surface area contributed by atoms with Gasteiger partial charge in [0.05, 0.1) is 16.9 Å². The number of rotatable bonds is 7. The van der Waals surface area contributed by atoms with Crippen LogP contribution in [0.15, 0.2) is 41.4 Å². The molecular weight excluding hydrogens is 532 g/mol. The lowest BCUT2D eigenvalue weighted by Gasteiger charge is -2.36. The summed E-state index contributed by atoms with van der Waals surface area (Å²) in [5, 5.41) is 10.3. The summed E-state index contributed by atoms with van der Waals surface area (Å²) < 4.78 is 33.8. The summed E-state index contributed by atoms with van der Waals surface area (Å²) in [6, 6.07) is 7.52. The van der Waals surface area contributed by atoms with Gasteiger partial charge in [-0.1, -0.05) is 19.1 Å². The Labute approximate surface area is 236 Å². The maximum atomic E-state index is 13.5. The van der Waals surface area contributed by atoms with Crippen molar-refractivity contribution in [3.8, 4) is 0 Å². The van der Waals surface area contributed by atoms with Crippen molar-refractivity contribution >= 4 is 33.1 Å². The van der Waals surface area contributed by atoms with Gasteiger partial charge in [0.25, 0.3) is 15.9 Å². The first-order valence-corrected chi connectivity index (χ1v) is 14.9. The highest BCUT2D eigenvalue weighted by atomic mass is 32.2. The third kappa shape index (κ3) is 6.80. The van der Waals surface area contributed by atoms with E-state index in [4.69, 9.17) is 15.5 Å². The molecule has 0 bridgehead atoms. The average molecular weight is 573 g/mol. The van der Waals surface area contributed by atoms with Gasteiger partial charge in [0.15, 0.2) is 5.03 Å². The first-order chi connectivity index (χ1) is 18.6. The third-order valence-electron chi connectivity index (χ3n) is 6.98. The van der Waals surface area contributed by atoms with Gasteiger partial charge < -0.3 is 20.5 Å². The van der Waals surface area contributed by atoms with E-state index in [1.807, 2.05) is 25.7 Å². The van der Waals surface area contributed by atoms with Crippen molar-refractivity contribution < 1.29 is 23.1 Å². The quantitative estimate of drug-likeness (QED) is 0.422. The molecule has 4 rings (SSSR count). The van der Waals surface area contributed by atoms with Crippen molar-refractivity contribution in [3.63, 3.8) is 0 Å².